The highest BCUT2D eigenvalue weighted by Gasteiger charge is 2.48. The smallest absolute Gasteiger partial charge is 0.424 e. The van der Waals surface area contributed by atoms with E-state index in [0.29, 0.717) is 12.3 Å². The van der Waals surface area contributed by atoms with Gasteiger partial charge in [-0.3, -0.25) is 9.59 Å². The fraction of sp³-hybridized carbons (Fsp3) is 0.300. The highest BCUT2D eigenvalue weighted by atomic mass is 32.2. The lowest BCUT2D eigenvalue weighted by molar-refractivity contribution is -0.134. The second-order valence-electron chi connectivity index (χ2n) is 3.69. The van der Waals surface area contributed by atoms with Crippen molar-refractivity contribution >= 4 is 22.0 Å². The summed E-state index contributed by atoms with van der Waals surface area (Å²) in [6.07, 6.45) is 0.400. The molecule has 0 saturated carbocycles. The molecule has 0 aliphatic heterocycles. The number of nitrogens with two attached hydrogens (primary N) is 1. The topological polar surface area (TPSA) is 126 Å². The van der Waals surface area contributed by atoms with Crippen LogP contribution in [0.15, 0.2) is 12.3 Å². The summed E-state index contributed by atoms with van der Waals surface area (Å²) in [4.78, 5) is 25.6. The van der Waals surface area contributed by atoms with Crippen LogP contribution in [0.25, 0.3) is 0 Å². The van der Waals surface area contributed by atoms with Crippen molar-refractivity contribution in [1.29, 1.82) is 0 Å². The fourth-order valence-corrected chi connectivity index (χ4v) is 1.54. The minimum atomic E-state index is -5.93. The minimum absolute atomic E-state index is 0.121. The molecular weight excluding hydrogens is 333 g/mol. The molecule has 0 fully saturated rings. The summed E-state index contributed by atoms with van der Waals surface area (Å²) >= 11 is 0. The van der Waals surface area contributed by atoms with Gasteiger partial charge >= 0.3 is 21.6 Å². The summed E-state index contributed by atoms with van der Waals surface area (Å²) in [7, 11) is -5.93. The van der Waals surface area contributed by atoms with Gasteiger partial charge in [0.05, 0.1) is 6.20 Å². The second-order valence-corrected chi connectivity index (χ2v) is 5.23. The first-order valence-corrected chi connectivity index (χ1v) is 6.90. The molecule has 0 unspecified atom stereocenters. The number of primary amides is 1. The molecule has 1 rings (SSSR count). The summed E-state index contributed by atoms with van der Waals surface area (Å²) in [6.45, 7) is 1.41. The van der Waals surface area contributed by atoms with Gasteiger partial charge in [-0.15, -0.1) is 0 Å². The van der Waals surface area contributed by atoms with E-state index in [9.17, 15) is 31.2 Å². The Morgan fingerprint density at radius 3 is 2.41 bits per heavy atom. The van der Waals surface area contributed by atoms with Crippen molar-refractivity contribution in [3.8, 4) is 11.5 Å². The lowest BCUT2D eigenvalue weighted by atomic mass is 10.3. The second kappa shape index (κ2) is 6.17. The molecule has 0 aliphatic rings. The lowest BCUT2D eigenvalue weighted by Crippen LogP contribution is -2.28. The highest BCUT2D eigenvalue weighted by Crippen LogP contribution is 2.29. The zero-order valence-corrected chi connectivity index (χ0v) is 11.7. The number of amides is 1. The van der Waals surface area contributed by atoms with Gasteiger partial charge in [0.15, 0.2) is 17.2 Å². The van der Waals surface area contributed by atoms with Crippen molar-refractivity contribution in [2.24, 2.45) is 5.73 Å². The maximum absolute atomic E-state index is 12.2. The summed E-state index contributed by atoms with van der Waals surface area (Å²) in [5, 5.41) is 0. The van der Waals surface area contributed by atoms with Crippen LogP contribution in [-0.2, 0) is 14.9 Å². The van der Waals surface area contributed by atoms with Gasteiger partial charge in [0.25, 0.3) is 5.91 Å². The van der Waals surface area contributed by atoms with Crippen LogP contribution >= 0.6 is 0 Å². The van der Waals surface area contributed by atoms with Crippen LogP contribution in [0, 0.1) is 0 Å². The molecule has 0 spiro atoms. The normalized spacial score (nSPS) is 11.8. The van der Waals surface area contributed by atoms with Gasteiger partial charge in [0.2, 0.25) is 0 Å². The number of carbonyl (C=O) groups is 2. The molecule has 0 saturated heterocycles. The number of alkyl halides is 3. The largest absolute Gasteiger partial charge is 0.534 e. The van der Waals surface area contributed by atoms with E-state index in [2.05, 4.69) is 13.9 Å². The Bertz CT molecular complexity index is 701. The van der Waals surface area contributed by atoms with Crippen molar-refractivity contribution in [3.63, 3.8) is 0 Å². The molecule has 2 N–H and O–H groups in total. The molecule has 1 aromatic rings. The van der Waals surface area contributed by atoms with Crippen molar-refractivity contribution in [3.05, 3.63) is 18.0 Å². The predicted octanol–water partition coefficient (Wildman–Crippen LogP) is 0.724. The summed E-state index contributed by atoms with van der Waals surface area (Å²) in [6, 6.07) is 0.587. The van der Waals surface area contributed by atoms with Gasteiger partial charge in [-0.25, -0.2) is 4.98 Å². The van der Waals surface area contributed by atoms with Crippen LogP contribution in [0.5, 0.6) is 11.5 Å². The fourth-order valence-electron chi connectivity index (χ4n) is 1.10. The van der Waals surface area contributed by atoms with Gasteiger partial charge < -0.3 is 14.7 Å². The number of ether oxygens (including phenoxy) is 1. The van der Waals surface area contributed by atoms with E-state index in [1.807, 2.05) is 0 Å². The summed E-state index contributed by atoms with van der Waals surface area (Å²) in [5.74, 6) is -3.50. The molecule has 1 heterocycles. The van der Waals surface area contributed by atoms with Crippen LogP contribution in [0.2, 0.25) is 0 Å². The van der Waals surface area contributed by atoms with E-state index in [0.717, 1.165) is 0 Å². The number of nitrogens with zero attached hydrogens (tertiary/aromatic N) is 1. The van der Waals surface area contributed by atoms with E-state index in [1.165, 1.54) is 6.92 Å². The quantitative estimate of drug-likeness (QED) is 0.475. The third kappa shape index (κ3) is 4.07. The van der Waals surface area contributed by atoms with Gasteiger partial charge in [-0.1, -0.05) is 6.92 Å². The van der Waals surface area contributed by atoms with Crippen molar-refractivity contribution in [2.75, 3.05) is 0 Å². The predicted molar refractivity (Wildman–Crippen MR) is 64.3 cm³/mol. The van der Waals surface area contributed by atoms with E-state index in [1.54, 1.807) is 0 Å². The highest BCUT2D eigenvalue weighted by molar-refractivity contribution is 7.88. The molecule has 1 aromatic heterocycles. The molecular formula is C10H9F3N2O6S. The number of esters is 1. The van der Waals surface area contributed by atoms with Crippen LogP contribution in [0.3, 0.4) is 0 Å². The Labute approximate surface area is 122 Å². The average molecular weight is 342 g/mol. The van der Waals surface area contributed by atoms with Gasteiger partial charge in [-0.05, 0) is 0 Å². The standard InChI is InChI=1S/C10H9F3N2O6S/c1-2-7(16)20-6-3-5(4-15-8(6)9(14)17)21-22(18,19)10(11,12)13/h3-4H,2H2,1H3,(H2,14,17). The van der Waals surface area contributed by atoms with Crippen molar-refractivity contribution < 1.29 is 40.1 Å². The zero-order valence-electron chi connectivity index (χ0n) is 10.9. The van der Waals surface area contributed by atoms with Crippen molar-refractivity contribution in [2.45, 2.75) is 18.9 Å². The van der Waals surface area contributed by atoms with Crippen LogP contribution in [0.1, 0.15) is 23.8 Å². The maximum Gasteiger partial charge on any atom is 0.534 e. The number of halogens is 3. The summed E-state index contributed by atoms with van der Waals surface area (Å²) < 4.78 is 66.7. The van der Waals surface area contributed by atoms with E-state index in [-0.39, 0.29) is 6.42 Å². The van der Waals surface area contributed by atoms with Gasteiger partial charge in [-0.2, -0.15) is 21.6 Å². The molecule has 122 valence electrons. The Kier molecular flexibility index (Phi) is 4.96. The Morgan fingerprint density at radius 2 is 1.95 bits per heavy atom. The van der Waals surface area contributed by atoms with Crippen LogP contribution in [-0.4, -0.2) is 30.8 Å². The van der Waals surface area contributed by atoms with Gasteiger partial charge in [0.1, 0.15) is 0 Å². The Morgan fingerprint density at radius 1 is 1.36 bits per heavy atom. The minimum Gasteiger partial charge on any atom is -0.424 e. The summed E-state index contributed by atoms with van der Waals surface area (Å²) in [5.41, 5.74) is -1.28. The SMILES string of the molecule is CCC(=O)Oc1cc(OS(=O)(=O)C(F)(F)F)cnc1C(N)=O. The van der Waals surface area contributed by atoms with Crippen LogP contribution in [0.4, 0.5) is 13.2 Å². The number of carbonyl (C=O) groups excluding carboxylic acids is 2. The monoisotopic (exact) mass is 342 g/mol. The Balaban J connectivity index is 3.22. The molecule has 0 radical (unpaired) electrons. The van der Waals surface area contributed by atoms with Crippen LogP contribution < -0.4 is 14.7 Å². The molecule has 0 aromatic carbocycles. The first-order chi connectivity index (χ1) is 9.98. The van der Waals surface area contributed by atoms with E-state index >= 15 is 0 Å². The number of pyridine rings is 1. The first-order valence-electron chi connectivity index (χ1n) is 5.49. The number of aromatic nitrogens is 1. The lowest BCUT2D eigenvalue weighted by Gasteiger charge is -2.11. The molecule has 8 nitrogen and oxygen atoms in total. The number of hydrogen-bond donors (Lipinski definition) is 1. The Hall–Kier alpha value is -2.37. The molecule has 1 amide bonds. The maximum atomic E-state index is 12.2. The molecule has 0 bridgehead atoms. The number of rotatable bonds is 5. The molecule has 0 aliphatic carbocycles. The molecule has 22 heavy (non-hydrogen) atoms. The zero-order chi connectivity index (χ0) is 17.1. The van der Waals surface area contributed by atoms with E-state index in [4.69, 9.17) is 5.73 Å². The third-order valence-corrected chi connectivity index (χ3v) is 3.04. The number of hydrogen-bond acceptors (Lipinski definition) is 7. The molecule has 12 heteroatoms. The van der Waals surface area contributed by atoms with Crippen molar-refractivity contribution in [1.82, 2.24) is 4.98 Å². The van der Waals surface area contributed by atoms with Gasteiger partial charge in [0, 0.05) is 12.5 Å². The van der Waals surface area contributed by atoms with E-state index < -0.39 is 44.7 Å². The average Bonchev–Trinajstić information content (AvgIpc) is 2.36. The third-order valence-electron chi connectivity index (χ3n) is 2.06. The first kappa shape index (κ1) is 17.7. The molecule has 0 atom stereocenters.